The number of halogens is 3. The lowest BCUT2D eigenvalue weighted by Gasteiger charge is -2.41. The minimum atomic E-state index is -4.42. The first-order valence-corrected chi connectivity index (χ1v) is 8.78. The molecule has 0 aliphatic carbocycles. The summed E-state index contributed by atoms with van der Waals surface area (Å²) in [6, 6.07) is 1.13. The Labute approximate surface area is 149 Å². The zero-order valence-corrected chi connectivity index (χ0v) is 14.3. The third-order valence-electron chi connectivity index (χ3n) is 5.13. The molecule has 2 fully saturated rings. The Bertz CT molecular complexity index is 604. The summed E-state index contributed by atoms with van der Waals surface area (Å²) in [7, 11) is 0. The summed E-state index contributed by atoms with van der Waals surface area (Å²) in [5.41, 5.74) is -0.299. The standard InChI is InChI=1S/C17H24F3N3O3/c18-17(19,20)12-4-13(6-21-5-12)23-3-1-2-11(8-23)7-22-9-14(24)16(26)15(25)10-22/h4-6,11,14-16,24-26H,1-3,7-10H2/t11-,14-,15+,16?/m0/s1. The second-order valence-corrected chi connectivity index (χ2v) is 7.23. The van der Waals surface area contributed by atoms with Crippen LogP contribution in [0.5, 0.6) is 0 Å². The highest BCUT2D eigenvalue weighted by molar-refractivity contribution is 5.47. The van der Waals surface area contributed by atoms with Gasteiger partial charge in [-0.15, -0.1) is 0 Å². The Kier molecular flexibility index (Phi) is 5.71. The van der Waals surface area contributed by atoms with Gasteiger partial charge in [0.05, 0.1) is 29.7 Å². The van der Waals surface area contributed by atoms with E-state index in [1.807, 2.05) is 9.80 Å². The number of pyridine rings is 1. The third-order valence-corrected chi connectivity index (χ3v) is 5.13. The number of anilines is 1. The molecular weight excluding hydrogens is 351 g/mol. The highest BCUT2D eigenvalue weighted by Crippen LogP contribution is 2.32. The smallest absolute Gasteiger partial charge is 0.389 e. The predicted molar refractivity (Wildman–Crippen MR) is 88.6 cm³/mol. The van der Waals surface area contributed by atoms with Crippen molar-refractivity contribution in [2.45, 2.75) is 37.3 Å². The van der Waals surface area contributed by atoms with Crippen LogP contribution in [0, 0.1) is 5.92 Å². The number of hydrogen-bond acceptors (Lipinski definition) is 6. The van der Waals surface area contributed by atoms with Crippen molar-refractivity contribution in [2.24, 2.45) is 5.92 Å². The van der Waals surface area contributed by atoms with Crippen LogP contribution in [0.4, 0.5) is 18.9 Å². The molecule has 9 heteroatoms. The molecule has 146 valence electrons. The number of piperidine rings is 2. The molecular formula is C17H24F3N3O3. The van der Waals surface area contributed by atoms with E-state index in [-0.39, 0.29) is 19.0 Å². The van der Waals surface area contributed by atoms with Crippen LogP contribution in [0.25, 0.3) is 0 Å². The molecule has 1 aromatic rings. The number of hydrogen-bond donors (Lipinski definition) is 3. The maximum absolute atomic E-state index is 12.9. The van der Waals surface area contributed by atoms with Crippen molar-refractivity contribution < 1.29 is 28.5 Å². The molecule has 3 heterocycles. The highest BCUT2D eigenvalue weighted by Gasteiger charge is 2.35. The largest absolute Gasteiger partial charge is 0.417 e. The minimum absolute atomic E-state index is 0.202. The minimum Gasteiger partial charge on any atom is -0.389 e. The predicted octanol–water partition coefficient (Wildman–Crippen LogP) is 0.715. The average molecular weight is 375 g/mol. The average Bonchev–Trinajstić information content (AvgIpc) is 2.59. The molecule has 2 saturated heterocycles. The third kappa shape index (κ3) is 4.46. The molecule has 2 aliphatic rings. The number of aliphatic hydroxyl groups is 3. The Balaban J connectivity index is 1.63. The number of alkyl halides is 3. The van der Waals surface area contributed by atoms with Gasteiger partial charge in [-0.25, -0.2) is 0 Å². The molecule has 6 nitrogen and oxygen atoms in total. The first-order valence-electron chi connectivity index (χ1n) is 8.78. The van der Waals surface area contributed by atoms with E-state index in [1.165, 1.54) is 6.20 Å². The van der Waals surface area contributed by atoms with Crippen LogP contribution >= 0.6 is 0 Å². The molecule has 2 aliphatic heterocycles. The van der Waals surface area contributed by atoms with Gasteiger partial charge >= 0.3 is 6.18 Å². The molecule has 1 unspecified atom stereocenters. The Morgan fingerprint density at radius 1 is 1.08 bits per heavy atom. The van der Waals surface area contributed by atoms with Gasteiger partial charge in [-0.3, -0.25) is 9.88 Å². The first-order chi connectivity index (χ1) is 12.2. The number of nitrogens with zero attached hydrogens (tertiary/aromatic N) is 3. The highest BCUT2D eigenvalue weighted by atomic mass is 19.4. The molecule has 0 bridgehead atoms. The Morgan fingerprint density at radius 2 is 1.77 bits per heavy atom. The number of rotatable bonds is 3. The summed E-state index contributed by atoms with van der Waals surface area (Å²) in [5.74, 6) is 0.202. The van der Waals surface area contributed by atoms with Gasteiger partial charge in [-0.2, -0.15) is 13.2 Å². The zero-order chi connectivity index (χ0) is 18.9. The fourth-order valence-corrected chi connectivity index (χ4v) is 3.79. The van der Waals surface area contributed by atoms with Gasteiger partial charge in [0.15, 0.2) is 0 Å². The van der Waals surface area contributed by atoms with E-state index < -0.39 is 30.1 Å². The van der Waals surface area contributed by atoms with Gasteiger partial charge in [-0.1, -0.05) is 0 Å². The van der Waals surface area contributed by atoms with E-state index in [1.54, 1.807) is 0 Å². The van der Waals surface area contributed by atoms with Crippen molar-refractivity contribution in [3.8, 4) is 0 Å². The summed E-state index contributed by atoms with van der Waals surface area (Å²) in [5, 5.41) is 29.2. The van der Waals surface area contributed by atoms with Crippen molar-refractivity contribution >= 4 is 5.69 Å². The van der Waals surface area contributed by atoms with E-state index in [0.29, 0.717) is 25.3 Å². The Hall–Kier alpha value is -1.42. The van der Waals surface area contributed by atoms with Crippen LogP contribution in [0.1, 0.15) is 18.4 Å². The maximum Gasteiger partial charge on any atom is 0.417 e. The van der Waals surface area contributed by atoms with Crippen molar-refractivity contribution in [1.29, 1.82) is 0 Å². The van der Waals surface area contributed by atoms with Gasteiger partial charge in [0, 0.05) is 38.9 Å². The topological polar surface area (TPSA) is 80.1 Å². The molecule has 4 atom stereocenters. The van der Waals surface area contributed by atoms with E-state index >= 15 is 0 Å². The summed E-state index contributed by atoms with van der Waals surface area (Å²) < 4.78 is 38.7. The van der Waals surface area contributed by atoms with Gasteiger partial charge in [0.2, 0.25) is 0 Å². The lowest BCUT2D eigenvalue weighted by atomic mass is 9.94. The van der Waals surface area contributed by atoms with Crippen LogP contribution < -0.4 is 4.90 Å². The van der Waals surface area contributed by atoms with Crippen LogP contribution in [0.3, 0.4) is 0 Å². The van der Waals surface area contributed by atoms with E-state index in [0.717, 1.165) is 25.1 Å². The lowest BCUT2D eigenvalue weighted by Crippen LogP contribution is -2.56. The quantitative estimate of drug-likeness (QED) is 0.722. The van der Waals surface area contributed by atoms with Gasteiger partial charge in [0.25, 0.3) is 0 Å². The summed E-state index contributed by atoms with van der Waals surface area (Å²) in [6.07, 6.45) is -3.49. The molecule has 0 saturated carbocycles. The number of aromatic nitrogens is 1. The van der Waals surface area contributed by atoms with Crippen molar-refractivity contribution in [2.75, 3.05) is 37.6 Å². The van der Waals surface area contributed by atoms with E-state index in [4.69, 9.17) is 0 Å². The van der Waals surface area contributed by atoms with Gasteiger partial charge in [-0.05, 0) is 24.8 Å². The van der Waals surface area contributed by atoms with E-state index in [9.17, 15) is 28.5 Å². The molecule has 0 radical (unpaired) electrons. The second-order valence-electron chi connectivity index (χ2n) is 7.23. The number of β-amino-alcohol motifs (C(OH)–C–C–N with tert-alkyl or cyclic N) is 2. The number of likely N-dealkylation sites (tertiary alicyclic amines) is 1. The zero-order valence-electron chi connectivity index (χ0n) is 14.3. The fourth-order valence-electron chi connectivity index (χ4n) is 3.79. The normalized spacial score (nSPS) is 31.2. The van der Waals surface area contributed by atoms with Gasteiger partial charge in [0.1, 0.15) is 6.10 Å². The first kappa shape index (κ1) is 19.3. The number of aliphatic hydroxyl groups excluding tert-OH is 3. The van der Waals surface area contributed by atoms with Crippen molar-refractivity contribution in [3.05, 3.63) is 24.0 Å². The SMILES string of the molecule is OC1[C@H](O)CN(C[C@@H]2CCCN(c3cncc(C(F)(F)F)c3)C2)C[C@@H]1O. The van der Waals surface area contributed by atoms with Crippen LogP contribution in [0.2, 0.25) is 0 Å². The maximum atomic E-state index is 12.9. The molecule has 3 N–H and O–H groups in total. The fraction of sp³-hybridized carbons (Fsp3) is 0.706. The van der Waals surface area contributed by atoms with Crippen LogP contribution in [0.15, 0.2) is 18.5 Å². The molecule has 26 heavy (non-hydrogen) atoms. The second kappa shape index (κ2) is 7.67. The van der Waals surface area contributed by atoms with Gasteiger partial charge < -0.3 is 20.2 Å². The van der Waals surface area contributed by atoms with E-state index in [2.05, 4.69) is 4.98 Å². The molecule has 1 aromatic heterocycles. The lowest BCUT2D eigenvalue weighted by molar-refractivity contribution is -0.137. The monoisotopic (exact) mass is 375 g/mol. The van der Waals surface area contributed by atoms with Crippen LogP contribution in [-0.2, 0) is 6.18 Å². The van der Waals surface area contributed by atoms with Crippen LogP contribution in [-0.4, -0.2) is 76.2 Å². The van der Waals surface area contributed by atoms with Crippen molar-refractivity contribution in [3.63, 3.8) is 0 Å². The summed E-state index contributed by atoms with van der Waals surface area (Å²) in [6.45, 7) is 2.43. The molecule has 0 aromatic carbocycles. The van der Waals surface area contributed by atoms with Crippen molar-refractivity contribution in [1.82, 2.24) is 9.88 Å². The molecule has 3 rings (SSSR count). The molecule has 0 spiro atoms. The summed E-state index contributed by atoms with van der Waals surface area (Å²) >= 11 is 0. The Morgan fingerprint density at radius 3 is 2.42 bits per heavy atom. The summed E-state index contributed by atoms with van der Waals surface area (Å²) in [4.78, 5) is 7.54. The molecule has 0 amide bonds.